The summed E-state index contributed by atoms with van der Waals surface area (Å²) < 4.78 is 11.2. The second kappa shape index (κ2) is 9.74. The molecule has 134 valence electrons. The number of hydrogen-bond acceptors (Lipinski definition) is 3. The normalized spacial score (nSPS) is 19.4. The van der Waals surface area contributed by atoms with Crippen molar-refractivity contribution in [1.82, 2.24) is 10.2 Å². The number of ether oxygens (including phenoxy) is 2. The van der Waals surface area contributed by atoms with Gasteiger partial charge in [0.25, 0.3) is 0 Å². The third-order valence-corrected chi connectivity index (χ3v) is 4.22. The molecule has 0 radical (unpaired) electrons. The number of guanidine groups is 1. The third kappa shape index (κ3) is 5.87. The number of nitrogens with zero attached hydrogens (tertiary/aromatic N) is 2. The van der Waals surface area contributed by atoms with E-state index in [1.807, 2.05) is 31.2 Å². The molecule has 2 unspecified atom stereocenters. The number of hydrogen-bond donors (Lipinski definition) is 1. The highest BCUT2D eigenvalue weighted by Crippen LogP contribution is 2.18. The topological polar surface area (TPSA) is 46.1 Å². The van der Waals surface area contributed by atoms with Crippen molar-refractivity contribution in [2.75, 3.05) is 39.9 Å². The fourth-order valence-corrected chi connectivity index (χ4v) is 2.95. The average molecular weight is 354 g/mol. The van der Waals surface area contributed by atoms with Gasteiger partial charge < -0.3 is 19.7 Å². The molecule has 0 aliphatic carbocycles. The van der Waals surface area contributed by atoms with Crippen molar-refractivity contribution in [1.29, 1.82) is 0 Å². The minimum atomic E-state index is -0.00259. The van der Waals surface area contributed by atoms with Gasteiger partial charge in [0, 0.05) is 37.7 Å². The smallest absolute Gasteiger partial charge is 0.194 e. The monoisotopic (exact) mass is 353 g/mol. The summed E-state index contributed by atoms with van der Waals surface area (Å²) >= 11 is 5.89. The lowest BCUT2D eigenvalue weighted by atomic mass is 10.1. The van der Waals surface area contributed by atoms with Gasteiger partial charge in [-0.3, -0.25) is 0 Å². The Morgan fingerprint density at radius 3 is 2.83 bits per heavy atom. The lowest BCUT2D eigenvalue weighted by Gasteiger charge is -2.22. The first kappa shape index (κ1) is 18.9. The van der Waals surface area contributed by atoms with Crippen LogP contribution in [0.4, 0.5) is 0 Å². The van der Waals surface area contributed by atoms with Crippen LogP contribution in [0.25, 0.3) is 0 Å². The van der Waals surface area contributed by atoms with Gasteiger partial charge in [-0.15, -0.1) is 0 Å². The van der Waals surface area contributed by atoms with Crippen LogP contribution in [0.1, 0.15) is 20.3 Å². The van der Waals surface area contributed by atoms with Crippen molar-refractivity contribution in [3.8, 4) is 5.75 Å². The fraction of sp³-hybridized carbons (Fsp3) is 0.611. The largest absolute Gasteiger partial charge is 0.489 e. The van der Waals surface area contributed by atoms with E-state index in [4.69, 9.17) is 26.1 Å². The molecule has 2 atom stereocenters. The Balaban J connectivity index is 1.89. The quantitative estimate of drug-likeness (QED) is 0.604. The van der Waals surface area contributed by atoms with E-state index in [0.29, 0.717) is 17.5 Å². The molecule has 1 aromatic rings. The summed E-state index contributed by atoms with van der Waals surface area (Å²) in [7, 11) is 1.76. The standard InChI is InChI=1S/C18H28ClN3O2/c1-4-20-18(22-10-9-15(12-22)13-23-3)21-11-14(2)24-17-7-5-16(19)6-8-17/h5-8,14-15H,4,9-13H2,1-3H3,(H,20,21). The Bertz CT molecular complexity index is 522. The van der Waals surface area contributed by atoms with E-state index in [-0.39, 0.29) is 6.10 Å². The van der Waals surface area contributed by atoms with E-state index in [1.54, 1.807) is 7.11 Å². The van der Waals surface area contributed by atoms with E-state index < -0.39 is 0 Å². The average Bonchev–Trinajstić information content (AvgIpc) is 3.02. The molecule has 0 bridgehead atoms. The van der Waals surface area contributed by atoms with Gasteiger partial charge in [0.2, 0.25) is 0 Å². The number of methoxy groups -OCH3 is 1. The van der Waals surface area contributed by atoms with Gasteiger partial charge in [-0.25, -0.2) is 4.99 Å². The second-order valence-electron chi connectivity index (χ2n) is 6.13. The maximum atomic E-state index is 5.89. The summed E-state index contributed by atoms with van der Waals surface area (Å²) in [6.07, 6.45) is 1.15. The SMILES string of the molecule is CCNC(=NCC(C)Oc1ccc(Cl)cc1)N1CCC(COC)C1. The third-order valence-electron chi connectivity index (χ3n) is 3.97. The molecule has 1 fully saturated rings. The first-order valence-corrected chi connectivity index (χ1v) is 8.94. The Morgan fingerprint density at radius 1 is 1.42 bits per heavy atom. The van der Waals surface area contributed by atoms with Gasteiger partial charge in [-0.1, -0.05) is 11.6 Å². The maximum Gasteiger partial charge on any atom is 0.194 e. The van der Waals surface area contributed by atoms with Crippen LogP contribution >= 0.6 is 11.6 Å². The first-order valence-electron chi connectivity index (χ1n) is 8.56. The molecular weight excluding hydrogens is 326 g/mol. The van der Waals surface area contributed by atoms with Crippen LogP contribution in [-0.4, -0.2) is 56.9 Å². The number of aliphatic imine (C=N–C) groups is 1. The van der Waals surface area contributed by atoms with E-state index in [9.17, 15) is 0 Å². The lowest BCUT2D eigenvalue weighted by molar-refractivity contribution is 0.157. The van der Waals surface area contributed by atoms with Crippen LogP contribution in [-0.2, 0) is 4.74 Å². The van der Waals surface area contributed by atoms with Crippen molar-refractivity contribution in [2.45, 2.75) is 26.4 Å². The van der Waals surface area contributed by atoms with Crippen LogP contribution in [0.15, 0.2) is 29.3 Å². The molecule has 1 aromatic carbocycles. The molecule has 0 spiro atoms. The van der Waals surface area contributed by atoms with E-state index in [2.05, 4.69) is 17.1 Å². The molecule has 1 saturated heterocycles. The summed E-state index contributed by atoms with van der Waals surface area (Å²) in [5.41, 5.74) is 0. The minimum Gasteiger partial charge on any atom is -0.489 e. The van der Waals surface area contributed by atoms with Crippen molar-refractivity contribution in [2.24, 2.45) is 10.9 Å². The highest BCUT2D eigenvalue weighted by molar-refractivity contribution is 6.30. The molecule has 1 aliphatic rings. The van der Waals surface area contributed by atoms with Gasteiger partial charge in [0.1, 0.15) is 11.9 Å². The zero-order valence-electron chi connectivity index (χ0n) is 14.8. The van der Waals surface area contributed by atoms with Crippen molar-refractivity contribution in [3.05, 3.63) is 29.3 Å². The predicted molar refractivity (Wildman–Crippen MR) is 99.1 cm³/mol. The number of nitrogens with one attached hydrogen (secondary N) is 1. The molecule has 0 aromatic heterocycles. The lowest BCUT2D eigenvalue weighted by Crippen LogP contribution is -2.41. The van der Waals surface area contributed by atoms with Crippen LogP contribution < -0.4 is 10.1 Å². The predicted octanol–water partition coefficient (Wildman–Crippen LogP) is 3.04. The highest BCUT2D eigenvalue weighted by atomic mass is 35.5. The second-order valence-corrected chi connectivity index (χ2v) is 6.57. The maximum absolute atomic E-state index is 5.89. The van der Waals surface area contributed by atoms with Crippen molar-refractivity contribution < 1.29 is 9.47 Å². The van der Waals surface area contributed by atoms with Gasteiger partial charge in [-0.05, 0) is 44.5 Å². The Kier molecular flexibility index (Phi) is 7.66. The molecule has 5 nitrogen and oxygen atoms in total. The van der Waals surface area contributed by atoms with Crippen LogP contribution in [0.3, 0.4) is 0 Å². The first-order chi connectivity index (χ1) is 11.6. The van der Waals surface area contributed by atoms with Crippen LogP contribution in [0.2, 0.25) is 5.02 Å². The van der Waals surface area contributed by atoms with Gasteiger partial charge >= 0.3 is 0 Å². The summed E-state index contributed by atoms with van der Waals surface area (Å²) in [6, 6.07) is 7.42. The van der Waals surface area contributed by atoms with Crippen LogP contribution in [0.5, 0.6) is 5.75 Å². The van der Waals surface area contributed by atoms with E-state index in [0.717, 1.165) is 44.4 Å². The van der Waals surface area contributed by atoms with Crippen molar-refractivity contribution in [3.63, 3.8) is 0 Å². The Morgan fingerprint density at radius 2 is 2.17 bits per heavy atom. The molecule has 2 rings (SSSR count). The van der Waals surface area contributed by atoms with Gasteiger partial charge in [-0.2, -0.15) is 0 Å². The van der Waals surface area contributed by atoms with E-state index >= 15 is 0 Å². The fourth-order valence-electron chi connectivity index (χ4n) is 2.82. The molecule has 24 heavy (non-hydrogen) atoms. The summed E-state index contributed by atoms with van der Waals surface area (Å²) in [4.78, 5) is 7.05. The minimum absolute atomic E-state index is 0.00259. The molecule has 1 N–H and O–H groups in total. The number of likely N-dealkylation sites (tertiary alicyclic amines) is 1. The number of rotatable bonds is 7. The number of halogens is 1. The van der Waals surface area contributed by atoms with E-state index in [1.165, 1.54) is 0 Å². The summed E-state index contributed by atoms with van der Waals surface area (Å²) in [5, 5.41) is 4.09. The number of benzene rings is 1. The molecular formula is C18H28ClN3O2. The molecule has 1 aliphatic heterocycles. The van der Waals surface area contributed by atoms with Crippen molar-refractivity contribution >= 4 is 17.6 Å². The molecule has 6 heteroatoms. The molecule has 0 amide bonds. The highest BCUT2D eigenvalue weighted by Gasteiger charge is 2.24. The molecule has 1 heterocycles. The summed E-state index contributed by atoms with van der Waals surface area (Å²) in [5.74, 6) is 2.36. The zero-order valence-corrected chi connectivity index (χ0v) is 15.6. The Hall–Kier alpha value is -1.46. The van der Waals surface area contributed by atoms with Gasteiger partial charge in [0.05, 0.1) is 13.2 Å². The Labute approximate surface area is 150 Å². The molecule has 0 saturated carbocycles. The van der Waals surface area contributed by atoms with Gasteiger partial charge in [0.15, 0.2) is 5.96 Å². The summed E-state index contributed by atoms with van der Waals surface area (Å²) in [6.45, 7) is 8.41. The van der Waals surface area contributed by atoms with Crippen LogP contribution in [0, 0.1) is 5.92 Å². The zero-order chi connectivity index (χ0) is 17.4.